The fourth-order valence-corrected chi connectivity index (χ4v) is 2.69. The quantitative estimate of drug-likeness (QED) is 0.679. The van der Waals surface area contributed by atoms with Crippen LogP contribution in [-0.2, 0) is 0 Å². The van der Waals surface area contributed by atoms with Gasteiger partial charge in [-0.15, -0.1) is 0 Å². The third kappa shape index (κ3) is 4.70. The molecule has 0 bridgehead atoms. The average molecular weight is 325 g/mol. The lowest BCUT2D eigenvalue weighted by Crippen LogP contribution is -2.36. The number of hydrogen-bond donors (Lipinski definition) is 2. The molecule has 128 valence electrons. The van der Waals surface area contributed by atoms with Crippen LogP contribution in [0.25, 0.3) is 5.57 Å². The zero-order valence-electron chi connectivity index (χ0n) is 14.5. The Hall–Kier alpha value is -2.10. The number of rotatable bonds is 9. The molecule has 0 aliphatic carbocycles. The summed E-state index contributed by atoms with van der Waals surface area (Å²) in [6.07, 6.45) is 1.50. The fourth-order valence-electron chi connectivity index (χ4n) is 2.69. The van der Waals surface area contributed by atoms with Crippen molar-refractivity contribution in [1.29, 1.82) is 0 Å². The first-order valence-electron chi connectivity index (χ1n) is 8.47. The molecule has 2 atom stereocenters. The Bertz CT molecular complexity index is 622. The Labute approximate surface area is 145 Å². The minimum absolute atomic E-state index is 0.229. The molecule has 2 N–H and O–H groups in total. The molecule has 0 aliphatic heterocycles. The van der Waals surface area contributed by atoms with Gasteiger partial charge in [-0.3, -0.25) is 0 Å². The standard InChI is InChI=1S/C21H27NO2/c1-4-5-15-22-20(16(2)17-9-7-6-8-10-17)21(23)18-11-13-19(24-3)14-12-18/h6-14,20-23H,2,4-5,15H2,1,3H3/t20-,21+/m1/s1. The highest BCUT2D eigenvalue weighted by molar-refractivity contribution is 5.68. The van der Waals surface area contributed by atoms with Crippen molar-refractivity contribution in [2.24, 2.45) is 0 Å². The van der Waals surface area contributed by atoms with E-state index >= 15 is 0 Å². The molecule has 0 saturated carbocycles. The van der Waals surface area contributed by atoms with E-state index < -0.39 is 6.10 Å². The van der Waals surface area contributed by atoms with E-state index in [1.807, 2.05) is 54.6 Å². The van der Waals surface area contributed by atoms with Gasteiger partial charge in [0.2, 0.25) is 0 Å². The topological polar surface area (TPSA) is 41.5 Å². The summed E-state index contributed by atoms with van der Waals surface area (Å²) >= 11 is 0. The molecular formula is C21H27NO2. The molecule has 3 nitrogen and oxygen atoms in total. The molecule has 0 heterocycles. The molecule has 2 rings (SSSR count). The van der Waals surface area contributed by atoms with Crippen LogP contribution in [0, 0.1) is 0 Å². The molecule has 0 unspecified atom stereocenters. The Kier molecular flexibility index (Phi) is 7.04. The summed E-state index contributed by atoms with van der Waals surface area (Å²) in [5.41, 5.74) is 2.79. The van der Waals surface area contributed by atoms with Crippen LogP contribution in [0.4, 0.5) is 0 Å². The van der Waals surface area contributed by atoms with Crippen LogP contribution in [0.5, 0.6) is 5.75 Å². The molecule has 0 aromatic heterocycles. The SMILES string of the molecule is C=C(c1ccccc1)[C@@H](NCCCC)[C@@H](O)c1ccc(OC)cc1. The molecule has 0 spiro atoms. The molecule has 0 amide bonds. The van der Waals surface area contributed by atoms with E-state index in [1.54, 1.807) is 7.11 Å². The number of unbranched alkanes of at least 4 members (excludes halogenated alkanes) is 1. The van der Waals surface area contributed by atoms with Gasteiger partial charge in [-0.1, -0.05) is 62.4 Å². The Balaban J connectivity index is 2.21. The first kappa shape index (κ1) is 18.2. The van der Waals surface area contributed by atoms with Gasteiger partial charge in [-0.25, -0.2) is 0 Å². The van der Waals surface area contributed by atoms with Gasteiger partial charge in [0.25, 0.3) is 0 Å². The number of methoxy groups -OCH3 is 1. The summed E-state index contributed by atoms with van der Waals surface area (Å²) < 4.78 is 5.19. The van der Waals surface area contributed by atoms with Crippen LogP contribution >= 0.6 is 0 Å². The van der Waals surface area contributed by atoms with Gasteiger partial charge < -0.3 is 15.2 Å². The van der Waals surface area contributed by atoms with Crippen LogP contribution in [0.3, 0.4) is 0 Å². The van der Waals surface area contributed by atoms with Crippen LogP contribution < -0.4 is 10.1 Å². The summed E-state index contributed by atoms with van der Waals surface area (Å²) in [5.74, 6) is 0.781. The number of nitrogens with one attached hydrogen (secondary N) is 1. The number of hydrogen-bond acceptors (Lipinski definition) is 3. The average Bonchev–Trinajstić information content (AvgIpc) is 2.65. The second-order valence-corrected chi connectivity index (χ2v) is 5.89. The van der Waals surface area contributed by atoms with Crippen LogP contribution in [-0.4, -0.2) is 24.8 Å². The summed E-state index contributed by atoms with van der Waals surface area (Å²) in [5, 5.41) is 14.4. The third-order valence-electron chi connectivity index (χ3n) is 4.19. The monoisotopic (exact) mass is 325 g/mol. The van der Waals surface area contributed by atoms with Gasteiger partial charge in [-0.05, 0) is 41.8 Å². The van der Waals surface area contributed by atoms with E-state index in [2.05, 4.69) is 18.8 Å². The maximum atomic E-state index is 10.9. The number of aliphatic hydroxyl groups excluding tert-OH is 1. The Morgan fingerprint density at radius 2 is 1.79 bits per heavy atom. The molecule has 0 fully saturated rings. The third-order valence-corrected chi connectivity index (χ3v) is 4.19. The minimum atomic E-state index is -0.666. The number of aliphatic hydroxyl groups is 1. The first-order valence-corrected chi connectivity index (χ1v) is 8.47. The Morgan fingerprint density at radius 3 is 2.38 bits per heavy atom. The maximum Gasteiger partial charge on any atom is 0.118 e. The normalized spacial score (nSPS) is 13.3. The van der Waals surface area contributed by atoms with Crippen molar-refractivity contribution in [3.05, 3.63) is 72.3 Å². The minimum Gasteiger partial charge on any atom is -0.497 e. The van der Waals surface area contributed by atoms with E-state index in [-0.39, 0.29) is 6.04 Å². The van der Waals surface area contributed by atoms with Crippen molar-refractivity contribution in [3.63, 3.8) is 0 Å². The van der Waals surface area contributed by atoms with Crippen molar-refractivity contribution < 1.29 is 9.84 Å². The van der Waals surface area contributed by atoms with E-state index in [9.17, 15) is 5.11 Å². The highest BCUT2D eigenvalue weighted by Gasteiger charge is 2.24. The molecule has 0 radical (unpaired) electrons. The molecule has 2 aromatic rings. The summed E-state index contributed by atoms with van der Waals surface area (Å²) in [6, 6.07) is 17.3. The maximum absolute atomic E-state index is 10.9. The molecule has 0 saturated heterocycles. The van der Waals surface area contributed by atoms with Crippen LogP contribution in [0.2, 0.25) is 0 Å². The molecular weight excluding hydrogens is 298 g/mol. The highest BCUT2D eigenvalue weighted by atomic mass is 16.5. The van der Waals surface area contributed by atoms with Crippen molar-refractivity contribution in [1.82, 2.24) is 5.32 Å². The van der Waals surface area contributed by atoms with E-state index in [1.165, 1.54) is 0 Å². The van der Waals surface area contributed by atoms with Crippen molar-refractivity contribution in [2.75, 3.05) is 13.7 Å². The number of ether oxygens (including phenoxy) is 1. The van der Waals surface area contributed by atoms with Crippen molar-refractivity contribution in [3.8, 4) is 5.75 Å². The van der Waals surface area contributed by atoms with E-state index in [4.69, 9.17) is 4.74 Å². The fraction of sp³-hybridized carbons (Fsp3) is 0.333. The van der Waals surface area contributed by atoms with E-state index in [0.717, 1.165) is 41.8 Å². The van der Waals surface area contributed by atoms with Gasteiger partial charge in [0, 0.05) is 0 Å². The molecule has 2 aromatic carbocycles. The molecule has 0 aliphatic rings. The zero-order valence-corrected chi connectivity index (χ0v) is 14.5. The smallest absolute Gasteiger partial charge is 0.118 e. The van der Waals surface area contributed by atoms with Crippen molar-refractivity contribution >= 4 is 5.57 Å². The van der Waals surface area contributed by atoms with Crippen LogP contribution in [0.15, 0.2) is 61.2 Å². The van der Waals surface area contributed by atoms with Gasteiger partial charge in [0.05, 0.1) is 19.3 Å². The van der Waals surface area contributed by atoms with Gasteiger partial charge >= 0.3 is 0 Å². The second-order valence-electron chi connectivity index (χ2n) is 5.89. The van der Waals surface area contributed by atoms with Gasteiger partial charge in [0.1, 0.15) is 5.75 Å². The molecule has 3 heteroatoms. The predicted octanol–water partition coefficient (Wildman–Crippen LogP) is 4.20. The summed E-state index contributed by atoms with van der Waals surface area (Å²) in [4.78, 5) is 0. The Morgan fingerprint density at radius 1 is 1.12 bits per heavy atom. The van der Waals surface area contributed by atoms with Gasteiger partial charge in [0.15, 0.2) is 0 Å². The van der Waals surface area contributed by atoms with E-state index in [0.29, 0.717) is 0 Å². The number of benzene rings is 2. The predicted molar refractivity (Wildman–Crippen MR) is 100 cm³/mol. The lowest BCUT2D eigenvalue weighted by atomic mass is 9.92. The van der Waals surface area contributed by atoms with Crippen molar-refractivity contribution in [2.45, 2.75) is 31.9 Å². The lowest BCUT2D eigenvalue weighted by molar-refractivity contribution is 0.151. The summed E-state index contributed by atoms with van der Waals surface area (Å²) in [6.45, 7) is 7.24. The largest absolute Gasteiger partial charge is 0.497 e. The zero-order chi connectivity index (χ0) is 17.4. The second kappa shape index (κ2) is 9.26. The summed E-state index contributed by atoms with van der Waals surface area (Å²) in [7, 11) is 1.64. The molecule has 24 heavy (non-hydrogen) atoms. The lowest BCUT2D eigenvalue weighted by Gasteiger charge is -2.27. The van der Waals surface area contributed by atoms with Gasteiger partial charge in [-0.2, -0.15) is 0 Å². The first-order chi connectivity index (χ1) is 11.7. The van der Waals surface area contributed by atoms with Crippen LogP contribution in [0.1, 0.15) is 37.0 Å². The highest BCUT2D eigenvalue weighted by Crippen LogP contribution is 2.28.